The predicted molar refractivity (Wildman–Crippen MR) is 74.2 cm³/mol. The topological polar surface area (TPSA) is 64.0 Å². The molecule has 0 aliphatic heterocycles. The van der Waals surface area contributed by atoms with Crippen molar-refractivity contribution >= 4 is 11.7 Å². The molecule has 106 valence electrons. The number of imidazole rings is 1. The molecule has 1 rings (SSSR count). The lowest BCUT2D eigenvalue weighted by molar-refractivity contribution is -0.124. The summed E-state index contributed by atoms with van der Waals surface area (Å²) in [6, 6.07) is -0.160. The average Bonchev–Trinajstić information content (AvgIpc) is 2.77. The Hall–Kier alpha value is -1.65. The summed E-state index contributed by atoms with van der Waals surface area (Å²) in [7, 11) is 0. The molecule has 0 fully saturated rings. The van der Waals surface area contributed by atoms with E-state index in [9.17, 15) is 9.59 Å². The van der Waals surface area contributed by atoms with Gasteiger partial charge in [-0.15, -0.1) is 0 Å². The summed E-state index contributed by atoms with van der Waals surface area (Å²) in [4.78, 5) is 27.6. The Labute approximate surface area is 114 Å². The van der Waals surface area contributed by atoms with Gasteiger partial charge in [0.2, 0.25) is 5.91 Å². The van der Waals surface area contributed by atoms with E-state index >= 15 is 0 Å². The number of hydrogen-bond donors (Lipinski definition) is 1. The van der Waals surface area contributed by atoms with Crippen molar-refractivity contribution in [1.29, 1.82) is 0 Å². The largest absolute Gasteiger partial charge is 0.352 e. The first-order valence-electron chi connectivity index (χ1n) is 6.77. The lowest BCUT2D eigenvalue weighted by Crippen LogP contribution is -2.38. The minimum absolute atomic E-state index is 0.0377. The van der Waals surface area contributed by atoms with Crippen LogP contribution in [0.3, 0.4) is 0 Å². The number of aromatic nitrogens is 2. The molecule has 1 aromatic rings. The van der Waals surface area contributed by atoms with Crippen LogP contribution in [0.1, 0.15) is 62.9 Å². The van der Waals surface area contributed by atoms with E-state index in [1.807, 2.05) is 6.92 Å². The first kappa shape index (κ1) is 15.4. The van der Waals surface area contributed by atoms with E-state index in [-0.39, 0.29) is 23.8 Å². The molecule has 1 heterocycles. The van der Waals surface area contributed by atoms with Crippen molar-refractivity contribution in [3.8, 4) is 0 Å². The van der Waals surface area contributed by atoms with Crippen molar-refractivity contribution < 1.29 is 9.59 Å². The average molecular weight is 265 g/mol. The molecular formula is C14H23N3O2. The molecule has 0 aliphatic carbocycles. The van der Waals surface area contributed by atoms with Crippen LogP contribution >= 0.6 is 0 Å². The number of Topliss-reactive ketones (excluding diaryl/α,β-unsaturated/α-hetero) is 1. The highest BCUT2D eigenvalue weighted by atomic mass is 16.2. The second-order valence-electron chi connectivity index (χ2n) is 4.83. The highest BCUT2D eigenvalue weighted by molar-refractivity contribution is 5.92. The minimum atomic E-state index is -0.360. The monoisotopic (exact) mass is 265 g/mol. The van der Waals surface area contributed by atoms with Crippen LogP contribution in [0.2, 0.25) is 0 Å². The fourth-order valence-electron chi connectivity index (χ4n) is 1.99. The summed E-state index contributed by atoms with van der Waals surface area (Å²) in [6.45, 7) is 9.19. The summed E-state index contributed by atoms with van der Waals surface area (Å²) in [5, 5.41) is 3.01. The first-order valence-corrected chi connectivity index (χ1v) is 6.77. The van der Waals surface area contributed by atoms with Crippen LogP contribution in [-0.4, -0.2) is 27.3 Å². The van der Waals surface area contributed by atoms with Gasteiger partial charge in [-0.05, 0) is 26.7 Å². The second kappa shape index (κ2) is 6.50. The lowest BCUT2D eigenvalue weighted by atomic mass is 10.1. The SMILES string of the molecule is CCC(CC)NC(=O)C(C)n1cc(C(C)=O)nc1C. The van der Waals surface area contributed by atoms with Gasteiger partial charge in [0.15, 0.2) is 5.78 Å². The van der Waals surface area contributed by atoms with Gasteiger partial charge in [0, 0.05) is 19.2 Å². The molecule has 0 radical (unpaired) electrons. The zero-order valence-corrected chi connectivity index (χ0v) is 12.4. The van der Waals surface area contributed by atoms with Gasteiger partial charge in [0.1, 0.15) is 17.6 Å². The summed E-state index contributed by atoms with van der Waals surface area (Å²) in [5.74, 6) is 0.552. The maximum absolute atomic E-state index is 12.2. The molecule has 1 atom stereocenters. The van der Waals surface area contributed by atoms with Crippen LogP contribution in [0.4, 0.5) is 0 Å². The van der Waals surface area contributed by atoms with Crippen molar-refractivity contribution in [3.63, 3.8) is 0 Å². The molecule has 0 aromatic carbocycles. The molecule has 0 bridgehead atoms. The Bertz CT molecular complexity index is 461. The Morgan fingerprint density at radius 3 is 2.37 bits per heavy atom. The second-order valence-corrected chi connectivity index (χ2v) is 4.83. The number of amides is 1. The van der Waals surface area contributed by atoms with Crippen LogP contribution in [0.25, 0.3) is 0 Å². The van der Waals surface area contributed by atoms with Gasteiger partial charge in [-0.3, -0.25) is 9.59 Å². The van der Waals surface area contributed by atoms with Crippen LogP contribution < -0.4 is 5.32 Å². The fraction of sp³-hybridized carbons (Fsp3) is 0.643. The number of nitrogens with zero attached hydrogens (tertiary/aromatic N) is 2. The van der Waals surface area contributed by atoms with E-state index in [0.29, 0.717) is 11.5 Å². The Balaban J connectivity index is 2.84. The number of rotatable bonds is 6. The first-order chi connectivity index (χ1) is 8.90. The molecule has 1 unspecified atom stereocenters. The molecular weight excluding hydrogens is 242 g/mol. The maximum Gasteiger partial charge on any atom is 0.243 e. The quantitative estimate of drug-likeness (QED) is 0.802. The third-order valence-electron chi connectivity index (χ3n) is 3.41. The number of aryl methyl sites for hydroxylation is 1. The standard InChI is InChI=1S/C14H23N3O2/c1-6-12(7-2)16-14(19)9(3)17-8-13(10(4)18)15-11(17)5/h8-9,12H,6-7H2,1-5H3,(H,16,19). The van der Waals surface area contributed by atoms with E-state index in [0.717, 1.165) is 12.8 Å². The lowest BCUT2D eigenvalue weighted by Gasteiger charge is -2.20. The summed E-state index contributed by atoms with van der Waals surface area (Å²) in [6.07, 6.45) is 3.47. The van der Waals surface area contributed by atoms with Crippen LogP contribution in [0, 0.1) is 6.92 Å². The van der Waals surface area contributed by atoms with Gasteiger partial charge in [0.25, 0.3) is 0 Å². The number of hydrogen-bond acceptors (Lipinski definition) is 3. The smallest absolute Gasteiger partial charge is 0.243 e. The van der Waals surface area contributed by atoms with Gasteiger partial charge in [-0.1, -0.05) is 13.8 Å². The Morgan fingerprint density at radius 1 is 1.37 bits per heavy atom. The normalized spacial score (nSPS) is 12.5. The Kier molecular flexibility index (Phi) is 5.27. The van der Waals surface area contributed by atoms with Gasteiger partial charge in [-0.25, -0.2) is 4.98 Å². The molecule has 1 N–H and O–H groups in total. The van der Waals surface area contributed by atoms with Crippen LogP contribution in [0.5, 0.6) is 0 Å². The van der Waals surface area contributed by atoms with Crippen LogP contribution in [0.15, 0.2) is 6.20 Å². The summed E-state index contributed by atoms with van der Waals surface area (Å²) >= 11 is 0. The van der Waals surface area contributed by atoms with E-state index in [1.165, 1.54) is 6.92 Å². The maximum atomic E-state index is 12.2. The zero-order valence-electron chi connectivity index (χ0n) is 12.4. The molecule has 0 spiro atoms. The van der Waals surface area contributed by atoms with E-state index in [1.54, 1.807) is 17.7 Å². The molecule has 0 saturated carbocycles. The summed E-state index contributed by atoms with van der Waals surface area (Å²) in [5.41, 5.74) is 0.402. The summed E-state index contributed by atoms with van der Waals surface area (Å²) < 4.78 is 1.74. The molecule has 0 saturated heterocycles. The molecule has 5 heteroatoms. The zero-order chi connectivity index (χ0) is 14.6. The van der Waals surface area contributed by atoms with Crippen molar-refractivity contribution in [1.82, 2.24) is 14.9 Å². The number of carbonyl (C=O) groups is 2. The predicted octanol–water partition coefficient (Wildman–Crippen LogP) is 2.26. The van der Waals surface area contributed by atoms with Crippen molar-refractivity contribution in [2.24, 2.45) is 0 Å². The highest BCUT2D eigenvalue weighted by Gasteiger charge is 2.20. The third-order valence-corrected chi connectivity index (χ3v) is 3.41. The molecule has 19 heavy (non-hydrogen) atoms. The van der Waals surface area contributed by atoms with Gasteiger partial charge in [0.05, 0.1) is 0 Å². The highest BCUT2D eigenvalue weighted by Crippen LogP contribution is 2.13. The number of ketones is 1. The number of nitrogens with one attached hydrogen (secondary N) is 1. The van der Waals surface area contributed by atoms with Gasteiger partial charge in [-0.2, -0.15) is 0 Å². The van der Waals surface area contributed by atoms with E-state index < -0.39 is 0 Å². The Morgan fingerprint density at radius 2 is 1.95 bits per heavy atom. The van der Waals surface area contributed by atoms with Crippen molar-refractivity contribution in [3.05, 3.63) is 17.7 Å². The van der Waals surface area contributed by atoms with Crippen molar-refractivity contribution in [2.45, 2.75) is 59.5 Å². The minimum Gasteiger partial charge on any atom is -0.352 e. The van der Waals surface area contributed by atoms with Crippen LogP contribution in [-0.2, 0) is 4.79 Å². The van der Waals surface area contributed by atoms with Gasteiger partial charge < -0.3 is 9.88 Å². The molecule has 5 nitrogen and oxygen atoms in total. The van der Waals surface area contributed by atoms with E-state index in [2.05, 4.69) is 24.1 Å². The number of carbonyl (C=O) groups excluding carboxylic acids is 2. The van der Waals surface area contributed by atoms with Gasteiger partial charge >= 0.3 is 0 Å². The van der Waals surface area contributed by atoms with Crippen molar-refractivity contribution in [2.75, 3.05) is 0 Å². The molecule has 1 aromatic heterocycles. The third kappa shape index (κ3) is 3.66. The van der Waals surface area contributed by atoms with E-state index in [4.69, 9.17) is 0 Å². The molecule has 0 aliphatic rings. The fourth-order valence-corrected chi connectivity index (χ4v) is 1.99. The molecule has 1 amide bonds.